The summed E-state index contributed by atoms with van der Waals surface area (Å²) >= 11 is 0. The number of fused-ring (bicyclic) bond motifs is 1. The highest BCUT2D eigenvalue weighted by molar-refractivity contribution is 6.23. The molecule has 68 heavy (non-hydrogen) atoms. The summed E-state index contributed by atoms with van der Waals surface area (Å²) < 4.78 is 407. The molecule has 0 radical (unpaired) electrons. The van der Waals surface area contributed by atoms with Crippen molar-refractivity contribution in [2.75, 3.05) is 13.1 Å². The first-order valence-electron chi connectivity index (χ1n) is 15.9. The molecule has 38 heteroatoms. The van der Waals surface area contributed by atoms with Gasteiger partial charge in [0.05, 0.1) is 24.2 Å². The SMILES string of the molecule is O=C(O)c1ccc(C(=O)O)c2c(C(=O)NCC(F)(F)C(F)(F)C(F)(F)C(F)(F)C(F)(F)C(F)(F)C(F)(F)F)ccc(C(=O)NCC(F)(F)C(F)(F)C(F)(F)C(F)(F)C(F)(F)C(F)(F)C(F)(F)F)c12. The van der Waals surface area contributed by atoms with Crippen LogP contribution in [-0.2, 0) is 0 Å². The van der Waals surface area contributed by atoms with Crippen LogP contribution in [0, 0.1) is 0 Å². The molecular weight excluding hydrogens is 1050 g/mol. The molecule has 0 fully saturated rings. The van der Waals surface area contributed by atoms with Crippen LogP contribution in [0.25, 0.3) is 10.8 Å². The molecule has 388 valence electrons. The summed E-state index contributed by atoms with van der Waals surface area (Å²) in [6, 6.07) is -0.671. The average Bonchev–Trinajstić information content (AvgIpc) is 3.16. The summed E-state index contributed by atoms with van der Waals surface area (Å²) in [5.74, 6) is -111. The summed E-state index contributed by atoms with van der Waals surface area (Å²) in [7, 11) is 0. The predicted molar refractivity (Wildman–Crippen MR) is 154 cm³/mol. The molecule has 8 nitrogen and oxygen atoms in total. The Kier molecular flexibility index (Phi) is 14.3. The van der Waals surface area contributed by atoms with Crippen molar-refractivity contribution >= 4 is 34.5 Å². The zero-order chi connectivity index (χ0) is 54.4. The second-order valence-corrected chi connectivity index (χ2v) is 13.2. The van der Waals surface area contributed by atoms with E-state index in [1.54, 1.807) is 0 Å². The Morgan fingerprint density at radius 3 is 0.721 bits per heavy atom. The van der Waals surface area contributed by atoms with Crippen molar-refractivity contribution in [1.82, 2.24) is 10.6 Å². The Balaban J connectivity index is 2.74. The Bertz CT molecular complexity index is 2160. The predicted octanol–water partition coefficient (Wildman–Crippen LogP) is 10.4. The van der Waals surface area contributed by atoms with Gasteiger partial charge < -0.3 is 20.8 Å². The van der Waals surface area contributed by atoms with Gasteiger partial charge >= 0.3 is 95.4 Å². The highest BCUT2D eigenvalue weighted by Gasteiger charge is 2.95. The fourth-order valence-corrected chi connectivity index (χ4v) is 5.02. The molecule has 2 rings (SSSR count). The Morgan fingerprint density at radius 1 is 0.324 bits per heavy atom. The van der Waals surface area contributed by atoms with Crippen LogP contribution in [0.4, 0.5) is 132 Å². The molecule has 0 spiro atoms. The average molecular weight is 1070 g/mol. The van der Waals surface area contributed by atoms with Gasteiger partial charge in [-0.05, 0) is 24.3 Å². The number of aromatic carboxylic acids is 2. The van der Waals surface area contributed by atoms with E-state index < -0.39 is 153 Å². The fourth-order valence-electron chi connectivity index (χ4n) is 5.02. The first-order valence-corrected chi connectivity index (χ1v) is 15.9. The lowest BCUT2D eigenvalue weighted by molar-refractivity contribution is -0.451. The summed E-state index contributed by atoms with van der Waals surface area (Å²) in [5.41, 5.74) is -7.31. The van der Waals surface area contributed by atoms with Crippen LogP contribution in [-0.4, -0.2) is 130 Å². The van der Waals surface area contributed by atoms with E-state index in [4.69, 9.17) is 0 Å². The molecule has 0 saturated carbocycles. The largest absolute Gasteiger partial charge is 0.478 e. The Hall–Kier alpha value is -5.52. The van der Waals surface area contributed by atoms with Crippen LogP contribution in [0.5, 0.6) is 0 Å². The van der Waals surface area contributed by atoms with Crippen molar-refractivity contribution in [3.05, 3.63) is 46.5 Å². The molecule has 0 heterocycles. The smallest absolute Gasteiger partial charge is 0.460 e. The maximum atomic E-state index is 14.5. The lowest BCUT2D eigenvalue weighted by Gasteiger charge is -2.41. The molecule has 0 atom stereocenters. The molecular formula is C30H12F30N2O6. The Morgan fingerprint density at radius 2 is 0.515 bits per heavy atom. The number of carbonyl (C=O) groups excluding carboxylic acids is 2. The van der Waals surface area contributed by atoms with Crippen molar-refractivity contribution in [3.8, 4) is 0 Å². The zero-order valence-corrected chi connectivity index (χ0v) is 30.6. The second kappa shape index (κ2) is 16.6. The van der Waals surface area contributed by atoms with Crippen molar-refractivity contribution in [2.24, 2.45) is 0 Å². The normalized spacial score (nSPS) is 15.1. The topological polar surface area (TPSA) is 133 Å². The maximum absolute atomic E-state index is 14.5. The number of carboxylic acid groups (broad SMARTS) is 2. The van der Waals surface area contributed by atoms with Gasteiger partial charge in [0.1, 0.15) is 0 Å². The molecule has 2 amide bonds. The summed E-state index contributed by atoms with van der Waals surface area (Å²) in [5, 5.41) is 16.0. The molecule has 4 N–H and O–H groups in total. The molecule has 2 aromatic rings. The van der Waals surface area contributed by atoms with Crippen LogP contribution in [0.3, 0.4) is 0 Å². The van der Waals surface area contributed by atoms with Gasteiger partial charge in [-0.2, -0.15) is 132 Å². The first-order chi connectivity index (χ1) is 29.6. The van der Waals surface area contributed by atoms with E-state index >= 15 is 0 Å². The van der Waals surface area contributed by atoms with Gasteiger partial charge in [-0.3, -0.25) is 9.59 Å². The van der Waals surface area contributed by atoms with E-state index in [9.17, 15) is 161 Å². The fraction of sp³-hybridized carbons (Fsp3) is 0.533. The number of benzene rings is 2. The van der Waals surface area contributed by atoms with Gasteiger partial charge in [-0.25, -0.2) is 9.59 Å². The number of carboxylic acids is 2. The van der Waals surface area contributed by atoms with Gasteiger partial charge in [-0.1, -0.05) is 0 Å². The number of hydrogen-bond acceptors (Lipinski definition) is 4. The van der Waals surface area contributed by atoms with Crippen LogP contribution in [0.2, 0.25) is 0 Å². The summed E-state index contributed by atoms with van der Waals surface area (Å²) in [6.07, 6.45) is -16.0. The van der Waals surface area contributed by atoms with Gasteiger partial charge in [-0.15, -0.1) is 0 Å². The van der Waals surface area contributed by atoms with Crippen LogP contribution < -0.4 is 10.6 Å². The monoisotopic (exact) mass is 1070 g/mol. The van der Waals surface area contributed by atoms with Crippen LogP contribution in [0.15, 0.2) is 24.3 Å². The number of halogens is 30. The third-order valence-electron chi connectivity index (χ3n) is 8.84. The van der Waals surface area contributed by atoms with E-state index in [2.05, 4.69) is 0 Å². The summed E-state index contributed by atoms with van der Waals surface area (Å²) in [6.45, 7) is -7.44. The van der Waals surface area contributed by atoms with Crippen molar-refractivity contribution in [2.45, 2.75) is 83.4 Å². The number of nitrogens with one attached hydrogen (secondary N) is 2. The maximum Gasteiger partial charge on any atom is 0.460 e. The highest BCUT2D eigenvalue weighted by Crippen LogP contribution is 2.64. The lowest BCUT2D eigenvalue weighted by atomic mass is 9.90. The molecule has 0 saturated heterocycles. The number of carbonyl (C=O) groups is 4. The number of alkyl halides is 30. The van der Waals surface area contributed by atoms with Crippen molar-refractivity contribution < 1.29 is 161 Å². The highest BCUT2D eigenvalue weighted by atomic mass is 19.4. The number of hydrogen-bond donors (Lipinski definition) is 4. The number of amides is 2. The van der Waals surface area contributed by atoms with E-state index in [1.807, 2.05) is 0 Å². The second-order valence-electron chi connectivity index (χ2n) is 13.2. The quantitative estimate of drug-likeness (QED) is 0.110. The van der Waals surface area contributed by atoms with E-state index in [0.717, 1.165) is 0 Å². The van der Waals surface area contributed by atoms with Gasteiger partial charge in [0.25, 0.3) is 11.8 Å². The minimum Gasteiger partial charge on any atom is -0.478 e. The zero-order valence-electron chi connectivity index (χ0n) is 30.6. The van der Waals surface area contributed by atoms with Gasteiger partial charge in [0.2, 0.25) is 0 Å². The van der Waals surface area contributed by atoms with Crippen molar-refractivity contribution in [3.63, 3.8) is 0 Å². The molecule has 2 aromatic carbocycles. The molecule has 0 aliphatic rings. The molecule has 0 aliphatic heterocycles. The minimum atomic E-state index is -8.83. The Labute approximate surface area is 350 Å². The molecule has 0 aromatic heterocycles. The van der Waals surface area contributed by atoms with Gasteiger partial charge in [0.15, 0.2) is 0 Å². The molecule has 0 unspecified atom stereocenters. The van der Waals surface area contributed by atoms with E-state index in [0.29, 0.717) is 10.6 Å². The van der Waals surface area contributed by atoms with Gasteiger partial charge in [0, 0.05) is 21.9 Å². The molecule has 0 bridgehead atoms. The first kappa shape index (κ1) is 58.6. The van der Waals surface area contributed by atoms with E-state index in [1.165, 1.54) is 0 Å². The standard InChI is InChI=1S/C30H12F30N2O6/c31-17(32,19(35,36)21(39,40)23(43,44)25(47,48)27(51,52)29(55,56)57)5-61-13(63)7-1-2-8(12-10(16(67)68)4-3-9(11(7)12)15(65)66)14(64)62-6-18(33,34)20(37,38)22(41,42)24(45,46)26(49,50)28(53,54)30(58,59)60/h1-4H,5-6H2,(H,61,63)(H,62,64)(H,65,66)(H,67,68). The van der Waals surface area contributed by atoms with E-state index in [-0.39, 0.29) is 24.3 Å². The minimum absolute atomic E-state index is 0.00999. The van der Waals surface area contributed by atoms with Crippen molar-refractivity contribution in [1.29, 1.82) is 0 Å². The third kappa shape index (κ3) is 8.31. The number of rotatable bonds is 18. The lowest BCUT2D eigenvalue weighted by Crippen LogP contribution is -2.73. The third-order valence-corrected chi connectivity index (χ3v) is 8.84. The molecule has 0 aliphatic carbocycles. The summed E-state index contributed by atoms with van der Waals surface area (Å²) in [4.78, 5) is 49.6. The van der Waals surface area contributed by atoms with Crippen LogP contribution >= 0.6 is 0 Å². The van der Waals surface area contributed by atoms with Crippen LogP contribution in [0.1, 0.15) is 41.4 Å².